The molecule has 0 aromatic carbocycles. The van der Waals surface area contributed by atoms with Gasteiger partial charge in [-0.2, -0.15) is 0 Å². The van der Waals surface area contributed by atoms with Gasteiger partial charge in [0, 0.05) is 12.6 Å². The smallest absolute Gasteiger partial charge is 0.239 e. The molecule has 0 spiro atoms. The van der Waals surface area contributed by atoms with E-state index >= 15 is 0 Å². The molecule has 1 fully saturated rings. The van der Waals surface area contributed by atoms with E-state index in [1.54, 1.807) is 0 Å². The molecule has 1 atom stereocenters. The monoisotopic (exact) mass is 299 g/mol. The molecule has 1 saturated heterocycles. The van der Waals surface area contributed by atoms with E-state index in [-0.39, 0.29) is 23.4 Å². The van der Waals surface area contributed by atoms with Crippen LogP contribution in [0.1, 0.15) is 47.0 Å². The normalized spacial score (nSPS) is 20.8. The number of rotatable bonds is 8. The van der Waals surface area contributed by atoms with Crippen LogP contribution < -0.4 is 11.1 Å². The van der Waals surface area contributed by atoms with E-state index in [1.807, 2.05) is 13.8 Å². The number of hydrogen-bond acceptors (Lipinski definition) is 4. The van der Waals surface area contributed by atoms with Gasteiger partial charge >= 0.3 is 0 Å². The summed E-state index contributed by atoms with van der Waals surface area (Å²) >= 11 is 0. The van der Waals surface area contributed by atoms with Crippen LogP contribution in [0.25, 0.3) is 0 Å². The Morgan fingerprint density at radius 2 is 2.14 bits per heavy atom. The SMILES string of the molecule is CC(C)NC(=O)C1COCCN1CCCCC(C)(C)CN. The topological polar surface area (TPSA) is 67.6 Å². The lowest BCUT2D eigenvalue weighted by atomic mass is 9.87. The Bertz CT molecular complexity index is 319. The van der Waals surface area contributed by atoms with Crippen LogP contribution in [0.5, 0.6) is 0 Å². The lowest BCUT2D eigenvalue weighted by molar-refractivity contribution is -0.133. The van der Waals surface area contributed by atoms with Crippen molar-refractivity contribution in [1.29, 1.82) is 0 Å². The highest BCUT2D eigenvalue weighted by Gasteiger charge is 2.29. The average molecular weight is 299 g/mol. The number of nitrogens with zero attached hydrogens (tertiary/aromatic N) is 1. The highest BCUT2D eigenvalue weighted by Crippen LogP contribution is 2.21. The summed E-state index contributed by atoms with van der Waals surface area (Å²) in [4.78, 5) is 14.5. The molecule has 1 aliphatic heterocycles. The standard InChI is InChI=1S/C16H33N3O2/c1-13(2)18-15(20)14-11-21-10-9-19(14)8-6-5-7-16(3,4)12-17/h13-14H,5-12,17H2,1-4H3,(H,18,20). The van der Waals surface area contributed by atoms with Crippen LogP contribution >= 0.6 is 0 Å². The predicted octanol–water partition coefficient (Wildman–Crippen LogP) is 1.37. The molecular formula is C16H33N3O2. The zero-order valence-corrected chi connectivity index (χ0v) is 14.2. The van der Waals surface area contributed by atoms with Gasteiger partial charge < -0.3 is 15.8 Å². The van der Waals surface area contributed by atoms with Gasteiger partial charge in [0.15, 0.2) is 0 Å². The van der Waals surface area contributed by atoms with Gasteiger partial charge in [0.25, 0.3) is 0 Å². The maximum atomic E-state index is 12.2. The molecule has 1 amide bonds. The van der Waals surface area contributed by atoms with E-state index in [9.17, 15) is 4.79 Å². The Hall–Kier alpha value is -0.650. The van der Waals surface area contributed by atoms with Gasteiger partial charge in [-0.05, 0) is 45.2 Å². The van der Waals surface area contributed by atoms with Crippen LogP contribution in [-0.2, 0) is 9.53 Å². The van der Waals surface area contributed by atoms with E-state index < -0.39 is 0 Å². The van der Waals surface area contributed by atoms with E-state index in [0.717, 1.165) is 45.5 Å². The molecule has 1 rings (SSSR count). The molecule has 0 aromatic rings. The van der Waals surface area contributed by atoms with E-state index in [0.29, 0.717) is 6.61 Å². The van der Waals surface area contributed by atoms with Gasteiger partial charge in [-0.25, -0.2) is 0 Å². The number of unbranched alkanes of at least 4 members (excludes halogenated alkanes) is 1. The molecule has 1 unspecified atom stereocenters. The summed E-state index contributed by atoms with van der Waals surface area (Å²) in [6.07, 6.45) is 3.39. The maximum Gasteiger partial charge on any atom is 0.239 e. The van der Waals surface area contributed by atoms with Crippen LogP contribution in [0.15, 0.2) is 0 Å². The van der Waals surface area contributed by atoms with Gasteiger partial charge in [0.2, 0.25) is 5.91 Å². The fraction of sp³-hybridized carbons (Fsp3) is 0.938. The van der Waals surface area contributed by atoms with Crippen molar-refractivity contribution in [1.82, 2.24) is 10.2 Å². The molecule has 1 heterocycles. The molecule has 21 heavy (non-hydrogen) atoms. The van der Waals surface area contributed by atoms with Crippen molar-refractivity contribution in [3.8, 4) is 0 Å². The number of nitrogens with two attached hydrogens (primary N) is 1. The second kappa shape index (κ2) is 8.71. The zero-order chi connectivity index (χ0) is 15.9. The number of carbonyl (C=O) groups is 1. The summed E-state index contributed by atoms with van der Waals surface area (Å²) in [6, 6.07) is 0.0373. The van der Waals surface area contributed by atoms with Crippen LogP contribution in [0.3, 0.4) is 0 Å². The highest BCUT2D eigenvalue weighted by molar-refractivity contribution is 5.82. The number of ether oxygens (including phenoxy) is 1. The van der Waals surface area contributed by atoms with Crippen molar-refractivity contribution < 1.29 is 9.53 Å². The summed E-state index contributed by atoms with van der Waals surface area (Å²) < 4.78 is 5.47. The van der Waals surface area contributed by atoms with Gasteiger partial charge in [-0.1, -0.05) is 20.3 Å². The van der Waals surface area contributed by atoms with Crippen molar-refractivity contribution in [3.63, 3.8) is 0 Å². The second-order valence-corrected chi connectivity index (χ2v) is 7.12. The van der Waals surface area contributed by atoms with Gasteiger partial charge in [0.05, 0.1) is 13.2 Å². The second-order valence-electron chi connectivity index (χ2n) is 7.12. The Morgan fingerprint density at radius 3 is 2.76 bits per heavy atom. The van der Waals surface area contributed by atoms with Gasteiger partial charge in [-0.3, -0.25) is 9.69 Å². The minimum Gasteiger partial charge on any atom is -0.378 e. The molecule has 0 aliphatic carbocycles. The molecule has 0 bridgehead atoms. The summed E-state index contributed by atoms with van der Waals surface area (Å²) in [5, 5.41) is 2.99. The molecule has 0 aromatic heterocycles. The van der Waals surface area contributed by atoms with Crippen molar-refractivity contribution >= 4 is 5.91 Å². The molecule has 0 radical (unpaired) electrons. The summed E-state index contributed by atoms with van der Waals surface area (Å²) in [7, 11) is 0. The number of nitrogens with one attached hydrogen (secondary N) is 1. The predicted molar refractivity (Wildman–Crippen MR) is 86.1 cm³/mol. The Morgan fingerprint density at radius 1 is 1.43 bits per heavy atom. The quantitative estimate of drug-likeness (QED) is 0.664. The third kappa shape index (κ3) is 6.76. The van der Waals surface area contributed by atoms with Crippen LogP contribution in [0, 0.1) is 5.41 Å². The molecule has 124 valence electrons. The Balaban J connectivity index is 2.38. The molecule has 0 saturated carbocycles. The number of amides is 1. The number of carbonyl (C=O) groups excluding carboxylic acids is 1. The van der Waals surface area contributed by atoms with Crippen molar-refractivity contribution in [3.05, 3.63) is 0 Å². The molecular weight excluding hydrogens is 266 g/mol. The van der Waals surface area contributed by atoms with Crippen molar-refractivity contribution in [2.45, 2.75) is 59.0 Å². The number of morpholine rings is 1. The van der Waals surface area contributed by atoms with E-state index in [4.69, 9.17) is 10.5 Å². The highest BCUT2D eigenvalue weighted by atomic mass is 16.5. The fourth-order valence-corrected chi connectivity index (χ4v) is 2.55. The Labute approximate surface area is 129 Å². The number of hydrogen-bond donors (Lipinski definition) is 2. The first kappa shape index (κ1) is 18.4. The van der Waals surface area contributed by atoms with E-state index in [2.05, 4.69) is 24.1 Å². The first-order chi connectivity index (χ1) is 9.85. The van der Waals surface area contributed by atoms with Crippen molar-refractivity contribution in [2.75, 3.05) is 32.8 Å². The minimum absolute atomic E-state index is 0.0898. The third-order valence-corrected chi connectivity index (χ3v) is 4.07. The minimum atomic E-state index is -0.135. The summed E-state index contributed by atoms with van der Waals surface area (Å²) in [5.74, 6) is 0.0898. The molecule has 5 heteroatoms. The van der Waals surface area contributed by atoms with Crippen LogP contribution in [0.4, 0.5) is 0 Å². The average Bonchev–Trinajstić information content (AvgIpc) is 2.43. The molecule has 1 aliphatic rings. The maximum absolute atomic E-state index is 12.2. The lowest BCUT2D eigenvalue weighted by Gasteiger charge is -2.35. The van der Waals surface area contributed by atoms with Crippen molar-refractivity contribution in [2.24, 2.45) is 11.1 Å². The largest absolute Gasteiger partial charge is 0.378 e. The van der Waals surface area contributed by atoms with E-state index in [1.165, 1.54) is 0 Å². The summed E-state index contributed by atoms with van der Waals surface area (Å²) in [5.41, 5.74) is 5.98. The van der Waals surface area contributed by atoms with Crippen LogP contribution in [-0.4, -0.2) is 55.7 Å². The van der Waals surface area contributed by atoms with Crippen LogP contribution in [0.2, 0.25) is 0 Å². The first-order valence-electron chi connectivity index (χ1n) is 8.18. The fourth-order valence-electron chi connectivity index (χ4n) is 2.55. The van der Waals surface area contributed by atoms with Gasteiger partial charge in [-0.15, -0.1) is 0 Å². The third-order valence-electron chi connectivity index (χ3n) is 4.07. The molecule has 3 N–H and O–H groups in total. The van der Waals surface area contributed by atoms with Gasteiger partial charge in [0.1, 0.15) is 6.04 Å². The zero-order valence-electron chi connectivity index (χ0n) is 14.2. The summed E-state index contributed by atoms with van der Waals surface area (Å²) in [6.45, 7) is 12.1. The Kier molecular flexibility index (Phi) is 7.63. The lowest BCUT2D eigenvalue weighted by Crippen LogP contribution is -2.55. The first-order valence-corrected chi connectivity index (χ1v) is 8.18. The molecule has 5 nitrogen and oxygen atoms in total.